The van der Waals surface area contributed by atoms with Crippen molar-refractivity contribution in [2.75, 3.05) is 12.3 Å². The van der Waals surface area contributed by atoms with Crippen LogP contribution in [-0.4, -0.2) is 17.4 Å². The van der Waals surface area contributed by atoms with E-state index in [-0.39, 0.29) is 11.4 Å². The van der Waals surface area contributed by atoms with Gasteiger partial charge in [-0.05, 0) is 18.4 Å². The predicted octanol–water partition coefficient (Wildman–Crippen LogP) is 3.14. The van der Waals surface area contributed by atoms with E-state index < -0.39 is 11.7 Å². The molecule has 0 bridgehead atoms. The van der Waals surface area contributed by atoms with Crippen LogP contribution in [0.5, 0.6) is 0 Å². The van der Waals surface area contributed by atoms with E-state index in [1.807, 2.05) is 0 Å². The van der Waals surface area contributed by atoms with E-state index in [2.05, 4.69) is 24.1 Å². The van der Waals surface area contributed by atoms with Crippen LogP contribution in [0.25, 0.3) is 0 Å². The lowest BCUT2D eigenvalue weighted by atomic mass is 10.0. The van der Waals surface area contributed by atoms with Crippen molar-refractivity contribution in [2.24, 2.45) is 5.92 Å². The number of hydrogen-bond donors (Lipinski definition) is 2. The SMILES string of the molecule is CC(C)CCCCCCNC(=O)c1ccnc(N)c1F. The van der Waals surface area contributed by atoms with Crippen LogP contribution >= 0.6 is 0 Å². The van der Waals surface area contributed by atoms with Crippen LogP contribution in [0, 0.1) is 11.7 Å². The molecule has 0 saturated heterocycles. The molecule has 0 aliphatic heterocycles. The zero-order valence-corrected chi connectivity index (χ0v) is 12.3. The Morgan fingerprint density at radius 3 is 2.75 bits per heavy atom. The molecule has 1 rings (SSSR count). The number of nitrogens with one attached hydrogen (secondary N) is 1. The normalized spacial score (nSPS) is 10.8. The standard InChI is InChI=1S/C15H24FN3O/c1-11(2)7-5-3-4-6-9-19-15(20)12-8-10-18-14(17)13(12)16/h8,10-11H,3-7,9H2,1-2H3,(H2,17,18)(H,19,20). The first-order valence-corrected chi connectivity index (χ1v) is 7.20. The number of nitrogen functional groups attached to an aromatic ring is 1. The third-order valence-electron chi connectivity index (χ3n) is 3.15. The van der Waals surface area contributed by atoms with Crippen molar-refractivity contribution in [3.05, 3.63) is 23.6 Å². The van der Waals surface area contributed by atoms with Crippen molar-refractivity contribution in [1.82, 2.24) is 10.3 Å². The number of rotatable bonds is 8. The number of nitrogens with two attached hydrogens (primary N) is 1. The van der Waals surface area contributed by atoms with Gasteiger partial charge in [-0.1, -0.05) is 39.5 Å². The van der Waals surface area contributed by atoms with Crippen LogP contribution in [-0.2, 0) is 0 Å². The van der Waals surface area contributed by atoms with Gasteiger partial charge >= 0.3 is 0 Å². The molecule has 0 radical (unpaired) electrons. The zero-order valence-electron chi connectivity index (χ0n) is 12.3. The van der Waals surface area contributed by atoms with Gasteiger partial charge in [0.1, 0.15) is 0 Å². The first kappa shape index (κ1) is 16.4. The number of anilines is 1. The molecule has 3 N–H and O–H groups in total. The van der Waals surface area contributed by atoms with Crippen LogP contribution < -0.4 is 11.1 Å². The van der Waals surface area contributed by atoms with Crippen LogP contribution in [0.1, 0.15) is 56.3 Å². The summed E-state index contributed by atoms with van der Waals surface area (Å²) in [5.74, 6) is -0.679. The summed E-state index contributed by atoms with van der Waals surface area (Å²) in [6.07, 6.45) is 6.96. The summed E-state index contributed by atoms with van der Waals surface area (Å²) in [4.78, 5) is 15.4. The quantitative estimate of drug-likeness (QED) is 0.719. The maximum absolute atomic E-state index is 13.6. The van der Waals surface area contributed by atoms with E-state index in [1.54, 1.807) is 0 Å². The second kappa shape index (κ2) is 8.51. The highest BCUT2D eigenvalue weighted by molar-refractivity contribution is 5.95. The Labute approximate surface area is 120 Å². The number of unbranched alkanes of at least 4 members (excludes halogenated alkanes) is 3. The van der Waals surface area contributed by atoms with Crippen molar-refractivity contribution in [3.8, 4) is 0 Å². The summed E-state index contributed by atoms with van der Waals surface area (Å²) in [6.45, 7) is 4.99. The smallest absolute Gasteiger partial charge is 0.254 e. The average molecular weight is 281 g/mol. The second-order valence-electron chi connectivity index (χ2n) is 5.41. The molecule has 0 spiro atoms. The van der Waals surface area contributed by atoms with E-state index in [4.69, 9.17) is 5.73 Å². The number of pyridine rings is 1. The maximum Gasteiger partial charge on any atom is 0.254 e. The van der Waals surface area contributed by atoms with E-state index in [1.165, 1.54) is 31.5 Å². The molecule has 0 atom stereocenters. The fourth-order valence-electron chi connectivity index (χ4n) is 1.96. The van der Waals surface area contributed by atoms with Crippen molar-refractivity contribution >= 4 is 11.7 Å². The zero-order chi connectivity index (χ0) is 15.0. The molecule has 5 heteroatoms. The molecule has 1 heterocycles. The number of nitrogens with zero attached hydrogens (tertiary/aromatic N) is 1. The third kappa shape index (κ3) is 5.55. The molecule has 0 aliphatic rings. The molecule has 0 saturated carbocycles. The molecule has 1 aromatic rings. The summed E-state index contributed by atoms with van der Waals surface area (Å²) in [7, 11) is 0. The first-order valence-electron chi connectivity index (χ1n) is 7.20. The van der Waals surface area contributed by atoms with E-state index in [0.29, 0.717) is 6.54 Å². The summed E-state index contributed by atoms with van der Waals surface area (Å²) in [5, 5.41) is 2.70. The number of hydrogen-bond acceptors (Lipinski definition) is 3. The van der Waals surface area contributed by atoms with Crippen LogP contribution in [0.4, 0.5) is 10.2 Å². The summed E-state index contributed by atoms with van der Waals surface area (Å²) < 4.78 is 13.6. The lowest BCUT2D eigenvalue weighted by Crippen LogP contribution is -2.25. The number of halogens is 1. The van der Waals surface area contributed by atoms with Gasteiger partial charge in [0.05, 0.1) is 5.56 Å². The van der Waals surface area contributed by atoms with Gasteiger partial charge < -0.3 is 11.1 Å². The van der Waals surface area contributed by atoms with E-state index in [0.717, 1.165) is 18.8 Å². The fraction of sp³-hybridized carbons (Fsp3) is 0.600. The van der Waals surface area contributed by atoms with Gasteiger partial charge in [-0.15, -0.1) is 0 Å². The van der Waals surface area contributed by atoms with E-state index in [9.17, 15) is 9.18 Å². The highest BCUT2D eigenvalue weighted by atomic mass is 19.1. The Morgan fingerprint density at radius 1 is 1.35 bits per heavy atom. The lowest BCUT2D eigenvalue weighted by Gasteiger charge is -2.07. The topological polar surface area (TPSA) is 68.0 Å². The Hall–Kier alpha value is -1.65. The molecule has 4 nitrogen and oxygen atoms in total. The van der Waals surface area contributed by atoms with Crippen LogP contribution in [0.2, 0.25) is 0 Å². The average Bonchev–Trinajstić information content (AvgIpc) is 2.40. The first-order chi connectivity index (χ1) is 9.52. The van der Waals surface area contributed by atoms with Gasteiger partial charge in [-0.25, -0.2) is 9.37 Å². The largest absolute Gasteiger partial charge is 0.381 e. The highest BCUT2D eigenvalue weighted by Crippen LogP contribution is 2.12. The molecule has 0 aliphatic carbocycles. The monoisotopic (exact) mass is 281 g/mol. The fourth-order valence-corrected chi connectivity index (χ4v) is 1.96. The summed E-state index contributed by atoms with van der Waals surface area (Å²) in [6, 6.07) is 1.34. The number of aromatic nitrogens is 1. The van der Waals surface area contributed by atoms with Crippen LogP contribution in [0.15, 0.2) is 12.3 Å². The molecule has 0 aromatic carbocycles. The molecule has 1 amide bonds. The van der Waals surface area contributed by atoms with Gasteiger partial charge in [0.15, 0.2) is 11.6 Å². The minimum absolute atomic E-state index is 0.0442. The second-order valence-corrected chi connectivity index (χ2v) is 5.41. The minimum Gasteiger partial charge on any atom is -0.381 e. The van der Waals surface area contributed by atoms with Crippen molar-refractivity contribution in [1.29, 1.82) is 0 Å². The number of carbonyl (C=O) groups excluding carboxylic acids is 1. The predicted molar refractivity (Wildman–Crippen MR) is 78.9 cm³/mol. The molecule has 112 valence electrons. The number of amides is 1. The Bertz CT molecular complexity index is 435. The maximum atomic E-state index is 13.6. The van der Waals surface area contributed by atoms with Gasteiger partial charge in [-0.3, -0.25) is 4.79 Å². The molecule has 1 aromatic heterocycles. The van der Waals surface area contributed by atoms with Gasteiger partial charge in [0.2, 0.25) is 0 Å². The van der Waals surface area contributed by atoms with Crippen LogP contribution in [0.3, 0.4) is 0 Å². The summed E-state index contributed by atoms with van der Waals surface area (Å²) in [5.41, 5.74) is 5.28. The van der Waals surface area contributed by atoms with Crippen molar-refractivity contribution in [3.63, 3.8) is 0 Å². The highest BCUT2D eigenvalue weighted by Gasteiger charge is 2.13. The third-order valence-corrected chi connectivity index (χ3v) is 3.15. The lowest BCUT2D eigenvalue weighted by molar-refractivity contribution is 0.0949. The van der Waals surface area contributed by atoms with Gasteiger partial charge in [-0.2, -0.15) is 0 Å². The minimum atomic E-state index is -0.748. The van der Waals surface area contributed by atoms with E-state index >= 15 is 0 Å². The molecular weight excluding hydrogens is 257 g/mol. The van der Waals surface area contributed by atoms with Gasteiger partial charge in [0.25, 0.3) is 5.91 Å². The Morgan fingerprint density at radius 2 is 2.05 bits per heavy atom. The number of carbonyl (C=O) groups is 1. The molecular formula is C15H24FN3O. The molecule has 0 fully saturated rings. The van der Waals surface area contributed by atoms with Gasteiger partial charge in [0, 0.05) is 12.7 Å². The Kier molecular flexibility index (Phi) is 6.98. The Balaban J connectivity index is 2.22. The molecule has 0 unspecified atom stereocenters. The molecule has 20 heavy (non-hydrogen) atoms. The summed E-state index contributed by atoms with van der Waals surface area (Å²) >= 11 is 0. The van der Waals surface area contributed by atoms with Crippen molar-refractivity contribution < 1.29 is 9.18 Å². The van der Waals surface area contributed by atoms with Crippen molar-refractivity contribution in [2.45, 2.75) is 46.0 Å².